The maximum absolute atomic E-state index is 12.1. The van der Waals surface area contributed by atoms with Crippen LogP contribution < -0.4 is 15.8 Å². The monoisotopic (exact) mass is 313 g/mol. The molecule has 112 valence electrons. The summed E-state index contributed by atoms with van der Waals surface area (Å²) in [6, 6.07) is 11.5. The SMILES string of the molecule is CN(C)c1ccc(Nc2nnc(-c3cccs3)c(=O)[nH]2)cc1. The number of aromatic nitrogens is 3. The molecule has 0 radical (unpaired) electrons. The van der Waals surface area contributed by atoms with Crippen LogP contribution in [0.25, 0.3) is 10.6 Å². The number of rotatable bonds is 4. The van der Waals surface area contributed by atoms with Crippen LogP contribution in [0, 0.1) is 0 Å². The van der Waals surface area contributed by atoms with E-state index in [1.54, 1.807) is 0 Å². The summed E-state index contributed by atoms with van der Waals surface area (Å²) in [6.07, 6.45) is 0. The molecule has 0 bridgehead atoms. The van der Waals surface area contributed by atoms with Gasteiger partial charge in [-0.05, 0) is 35.7 Å². The average Bonchev–Trinajstić information content (AvgIpc) is 3.02. The van der Waals surface area contributed by atoms with E-state index >= 15 is 0 Å². The predicted molar refractivity (Wildman–Crippen MR) is 90.0 cm³/mol. The van der Waals surface area contributed by atoms with Crippen molar-refractivity contribution >= 4 is 28.7 Å². The zero-order valence-corrected chi connectivity index (χ0v) is 13.0. The van der Waals surface area contributed by atoms with Crippen molar-refractivity contribution in [1.29, 1.82) is 0 Å². The minimum absolute atomic E-state index is 0.259. The van der Waals surface area contributed by atoms with Crippen LogP contribution in [0.1, 0.15) is 0 Å². The molecule has 3 aromatic rings. The van der Waals surface area contributed by atoms with E-state index in [0.29, 0.717) is 11.6 Å². The van der Waals surface area contributed by atoms with Crippen molar-refractivity contribution in [2.75, 3.05) is 24.3 Å². The van der Waals surface area contributed by atoms with Gasteiger partial charge in [0.2, 0.25) is 5.95 Å². The van der Waals surface area contributed by atoms with Crippen molar-refractivity contribution in [3.05, 3.63) is 52.1 Å². The zero-order valence-electron chi connectivity index (χ0n) is 12.2. The van der Waals surface area contributed by atoms with Gasteiger partial charge in [0.1, 0.15) is 0 Å². The van der Waals surface area contributed by atoms with Gasteiger partial charge < -0.3 is 10.2 Å². The zero-order chi connectivity index (χ0) is 15.5. The van der Waals surface area contributed by atoms with Crippen molar-refractivity contribution in [3.63, 3.8) is 0 Å². The molecule has 0 spiro atoms. The fourth-order valence-corrected chi connectivity index (χ4v) is 2.65. The van der Waals surface area contributed by atoms with E-state index in [9.17, 15) is 4.79 Å². The molecule has 0 aliphatic carbocycles. The molecule has 0 saturated heterocycles. The summed E-state index contributed by atoms with van der Waals surface area (Å²) in [5, 5.41) is 13.0. The topological polar surface area (TPSA) is 73.9 Å². The number of hydrogen-bond acceptors (Lipinski definition) is 6. The predicted octanol–water partition coefficient (Wildman–Crippen LogP) is 2.70. The summed E-state index contributed by atoms with van der Waals surface area (Å²) in [5.41, 5.74) is 2.01. The van der Waals surface area contributed by atoms with Crippen molar-refractivity contribution in [2.45, 2.75) is 0 Å². The Bertz CT molecular complexity index is 809. The first kappa shape index (κ1) is 14.3. The van der Waals surface area contributed by atoms with Crippen molar-refractivity contribution in [2.24, 2.45) is 0 Å². The lowest BCUT2D eigenvalue weighted by Crippen LogP contribution is -2.15. The summed E-state index contributed by atoms with van der Waals surface area (Å²) < 4.78 is 0. The van der Waals surface area contributed by atoms with Crippen LogP contribution in [0.5, 0.6) is 0 Å². The Hall–Kier alpha value is -2.67. The van der Waals surface area contributed by atoms with E-state index in [1.807, 2.05) is 60.8 Å². The van der Waals surface area contributed by atoms with Crippen molar-refractivity contribution in [3.8, 4) is 10.6 Å². The van der Waals surface area contributed by atoms with Gasteiger partial charge in [0, 0.05) is 25.5 Å². The Morgan fingerprint density at radius 3 is 2.50 bits per heavy atom. The number of aromatic amines is 1. The molecule has 7 heteroatoms. The first-order valence-corrected chi connectivity index (χ1v) is 7.57. The quantitative estimate of drug-likeness (QED) is 0.774. The van der Waals surface area contributed by atoms with Crippen LogP contribution >= 0.6 is 11.3 Å². The summed E-state index contributed by atoms with van der Waals surface area (Å²) in [6.45, 7) is 0. The summed E-state index contributed by atoms with van der Waals surface area (Å²) >= 11 is 1.46. The van der Waals surface area contributed by atoms with E-state index in [1.165, 1.54) is 11.3 Å². The normalized spacial score (nSPS) is 10.5. The highest BCUT2D eigenvalue weighted by Crippen LogP contribution is 2.20. The molecule has 0 saturated carbocycles. The van der Waals surface area contributed by atoms with Crippen LogP contribution in [0.4, 0.5) is 17.3 Å². The smallest absolute Gasteiger partial charge is 0.280 e. The molecule has 2 N–H and O–H groups in total. The van der Waals surface area contributed by atoms with Gasteiger partial charge >= 0.3 is 0 Å². The molecule has 0 unspecified atom stereocenters. The first-order valence-electron chi connectivity index (χ1n) is 6.69. The van der Waals surface area contributed by atoms with Gasteiger partial charge in [0.15, 0.2) is 5.69 Å². The number of anilines is 3. The van der Waals surface area contributed by atoms with Crippen molar-refractivity contribution in [1.82, 2.24) is 15.2 Å². The van der Waals surface area contributed by atoms with Gasteiger partial charge in [0.25, 0.3) is 5.56 Å². The highest BCUT2D eigenvalue weighted by molar-refractivity contribution is 7.13. The van der Waals surface area contributed by atoms with Gasteiger partial charge in [-0.2, -0.15) is 0 Å². The minimum atomic E-state index is -0.259. The molecule has 2 heterocycles. The fourth-order valence-electron chi connectivity index (χ4n) is 1.95. The number of nitrogens with zero attached hydrogens (tertiary/aromatic N) is 3. The van der Waals surface area contributed by atoms with E-state index < -0.39 is 0 Å². The molecule has 3 rings (SSSR count). The molecule has 22 heavy (non-hydrogen) atoms. The number of H-pyrrole nitrogens is 1. The number of nitrogens with one attached hydrogen (secondary N) is 2. The lowest BCUT2D eigenvalue weighted by atomic mass is 10.2. The largest absolute Gasteiger partial charge is 0.378 e. The van der Waals surface area contributed by atoms with Crippen LogP contribution in [0.3, 0.4) is 0 Å². The van der Waals surface area contributed by atoms with E-state index in [0.717, 1.165) is 16.3 Å². The number of hydrogen-bond donors (Lipinski definition) is 2. The maximum atomic E-state index is 12.1. The molecule has 2 aromatic heterocycles. The molecule has 6 nitrogen and oxygen atoms in total. The Labute approximate surface area is 131 Å². The van der Waals surface area contributed by atoms with Crippen LogP contribution in [0.15, 0.2) is 46.6 Å². The van der Waals surface area contributed by atoms with Crippen LogP contribution in [-0.4, -0.2) is 29.3 Å². The first-order chi connectivity index (χ1) is 10.6. The number of thiophene rings is 1. The molecule has 0 aliphatic heterocycles. The van der Waals surface area contributed by atoms with E-state index in [2.05, 4.69) is 20.5 Å². The Kier molecular flexibility index (Phi) is 3.88. The molecular weight excluding hydrogens is 298 g/mol. The molecule has 0 amide bonds. The lowest BCUT2D eigenvalue weighted by Gasteiger charge is -2.13. The second-order valence-electron chi connectivity index (χ2n) is 4.89. The van der Waals surface area contributed by atoms with Crippen molar-refractivity contribution < 1.29 is 0 Å². The lowest BCUT2D eigenvalue weighted by molar-refractivity contribution is 0.964. The van der Waals surface area contributed by atoms with Gasteiger partial charge in [-0.1, -0.05) is 6.07 Å². The van der Waals surface area contributed by atoms with Gasteiger partial charge in [0.05, 0.1) is 4.88 Å². The second-order valence-corrected chi connectivity index (χ2v) is 5.84. The summed E-state index contributed by atoms with van der Waals surface area (Å²) in [7, 11) is 3.96. The summed E-state index contributed by atoms with van der Waals surface area (Å²) in [4.78, 5) is 17.6. The average molecular weight is 313 g/mol. The third kappa shape index (κ3) is 2.99. The van der Waals surface area contributed by atoms with Gasteiger partial charge in [-0.3, -0.25) is 9.78 Å². The van der Waals surface area contributed by atoms with Crippen LogP contribution in [-0.2, 0) is 0 Å². The standard InChI is InChI=1S/C15H15N5OS/c1-20(2)11-7-5-10(6-8-11)16-15-17-14(21)13(18-19-15)12-4-3-9-22-12/h3-9H,1-2H3,(H2,16,17,19,21). The number of benzene rings is 1. The molecule has 0 atom stereocenters. The van der Waals surface area contributed by atoms with E-state index in [4.69, 9.17) is 0 Å². The minimum Gasteiger partial charge on any atom is -0.378 e. The van der Waals surface area contributed by atoms with E-state index in [-0.39, 0.29) is 5.56 Å². The fraction of sp³-hybridized carbons (Fsp3) is 0.133. The molecule has 1 aromatic carbocycles. The summed E-state index contributed by atoms with van der Waals surface area (Å²) in [5.74, 6) is 0.322. The Morgan fingerprint density at radius 1 is 1.14 bits per heavy atom. The third-order valence-corrected chi connectivity index (χ3v) is 3.97. The second kappa shape index (κ2) is 5.98. The highest BCUT2D eigenvalue weighted by atomic mass is 32.1. The van der Waals surface area contributed by atoms with Gasteiger partial charge in [-0.15, -0.1) is 21.5 Å². The third-order valence-electron chi connectivity index (χ3n) is 3.10. The molecular formula is C15H15N5OS. The molecule has 0 fully saturated rings. The Morgan fingerprint density at radius 2 is 1.91 bits per heavy atom. The van der Waals surface area contributed by atoms with Crippen LogP contribution in [0.2, 0.25) is 0 Å². The Balaban J connectivity index is 1.81. The molecule has 0 aliphatic rings. The highest BCUT2D eigenvalue weighted by Gasteiger charge is 2.08. The maximum Gasteiger partial charge on any atom is 0.280 e. The van der Waals surface area contributed by atoms with Gasteiger partial charge in [-0.25, -0.2) is 0 Å².